The van der Waals surface area contributed by atoms with E-state index in [9.17, 15) is 18.0 Å². The summed E-state index contributed by atoms with van der Waals surface area (Å²) in [5, 5.41) is 8.88. The first-order chi connectivity index (χ1) is 8.06. The zero-order valence-corrected chi connectivity index (χ0v) is 11.7. The SMILES string of the molecule is Cc1[nH]c(=O)sc1S(=O)(=O)NCC(C)(C)C(=O)O. The summed E-state index contributed by atoms with van der Waals surface area (Å²) >= 11 is 0.571. The van der Waals surface area contributed by atoms with Gasteiger partial charge in [0.15, 0.2) is 4.21 Å². The van der Waals surface area contributed by atoms with Crippen molar-refractivity contribution in [2.45, 2.75) is 25.0 Å². The third-order valence-corrected chi connectivity index (χ3v) is 5.31. The Labute approximate surface area is 108 Å². The van der Waals surface area contributed by atoms with Gasteiger partial charge in [-0.1, -0.05) is 11.3 Å². The van der Waals surface area contributed by atoms with Gasteiger partial charge in [-0.25, -0.2) is 13.1 Å². The second-order valence-electron chi connectivity index (χ2n) is 4.44. The van der Waals surface area contributed by atoms with Gasteiger partial charge in [-0.2, -0.15) is 0 Å². The zero-order valence-electron chi connectivity index (χ0n) is 10.1. The largest absolute Gasteiger partial charge is 0.481 e. The van der Waals surface area contributed by atoms with E-state index in [1.54, 1.807) is 0 Å². The number of aliphatic carboxylic acids is 1. The molecule has 7 nitrogen and oxygen atoms in total. The van der Waals surface area contributed by atoms with Gasteiger partial charge in [-0.05, 0) is 20.8 Å². The number of hydrogen-bond donors (Lipinski definition) is 3. The highest BCUT2D eigenvalue weighted by Gasteiger charge is 2.30. The summed E-state index contributed by atoms with van der Waals surface area (Å²) in [6.07, 6.45) is 0. The van der Waals surface area contributed by atoms with E-state index in [0.717, 1.165) is 0 Å². The Balaban J connectivity index is 2.94. The van der Waals surface area contributed by atoms with Crippen molar-refractivity contribution in [3.05, 3.63) is 15.4 Å². The summed E-state index contributed by atoms with van der Waals surface area (Å²) in [5.74, 6) is -1.11. The molecule has 102 valence electrons. The minimum absolute atomic E-state index is 0.117. The average molecular weight is 294 g/mol. The average Bonchev–Trinajstić information content (AvgIpc) is 2.56. The molecule has 0 amide bonds. The van der Waals surface area contributed by atoms with Crippen molar-refractivity contribution in [2.75, 3.05) is 6.54 Å². The van der Waals surface area contributed by atoms with Gasteiger partial charge in [0.2, 0.25) is 0 Å². The summed E-state index contributed by atoms with van der Waals surface area (Å²) in [6, 6.07) is 0. The summed E-state index contributed by atoms with van der Waals surface area (Å²) in [6.45, 7) is 4.03. The first-order valence-electron chi connectivity index (χ1n) is 4.99. The van der Waals surface area contributed by atoms with E-state index in [0.29, 0.717) is 11.3 Å². The topological polar surface area (TPSA) is 116 Å². The molecular weight excluding hydrogens is 280 g/mol. The maximum atomic E-state index is 11.9. The van der Waals surface area contributed by atoms with Crippen LogP contribution in [0, 0.1) is 12.3 Å². The second-order valence-corrected chi connectivity index (χ2v) is 7.39. The third-order valence-electron chi connectivity index (χ3n) is 2.31. The molecule has 0 aliphatic heterocycles. The van der Waals surface area contributed by atoms with E-state index in [-0.39, 0.29) is 16.4 Å². The lowest BCUT2D eigenvalue weighted by atomic mass is 9.95. The lowest BCUT2D eigenvalue weighted by molar-refractivity contribution is -0.146. The number of hydrogen-bond acceptors (Lipinski definition) is 5. The molecule has 0 spiro atoms. The molecule has 1 aromatic rings. The van der Waals surface area contributed by atoms with Crippen molar-refractivity contribution >= 4 is 27.3 Å². The summed E-state index contributed by atoms with van der Waals surface area (Å²) in [7, 11) is -3.86. The molecule has 0 saturated heterocycles. The fourth-order valence-electron chi connectivity index (χ4n) is 1.06. The number of carboxylic acids is 1. The standard InChI is InChI=1S/C9H14N2O5S2/c1-5-6(17-8(14)11-5)18(15,16)10-4-9(2,3)7(12)13/h10H,4H2,1-3H3,(H,11,14)(H,12,13). The lowest BCUT2D eigenvalue weighted by Gasteiger charge is -2.19. The summed E-state index contributed by atoms with van der Waals surface area (Å²) in [5.41, 5.74) is -0.979. The van der Waals surface area contributed by atoms with E-state index in [2.05, 4.69) is 9.71 Å². The maximum Gasteiger partial charge on any atom is 0.310 e. The molecule has 0 atom stereocenters. The number of nitrogens with one attached hydrogen (secondary N) is 2. The van der Waals surface area contributed by atoms with Crippen LogP contribution in [0.1, 0.15) is 19.5 Å². The highest BCUT2D eigenvalue weighted by molar-refractivity contribution is 7.91. The van der Waals surface area contributed by atoms with Gasteiger partial charge in [0.05, 0.1) is 5.41 Å². The van der Waals surface area contributed by atoms with Gasteiger partial charge in [0.1, 0.15) is 0 Å². The quantitative estimate of drug-likeness (QED) is 0.714. The van der Waals surface area contributed by atoms with Crippen LogP contribution < -0.4 is 9.60 Å². The van der Waals surface area contributed by atoms with Gasteiger partial charge in [0.25, 0.3) is 10.0 Å². The first kappa shape index (κ1) is 14.9. The van der Waals surface area contributed by atoms with E-state index in [1.165, 1.54) is 20.8 Å². The number of rotatable bonds is 5. The Morgan fingerprint density at radius 2 is 2.06 bits per heavy atom. The Kier molecular flexibility index (Phi) is 3.99. The van der Waals surface area contributed by atoms with Crippen LogP contribution >= 0.6 is 11.3 Å². The number of carbonyl (C=O) groups is 1. The Hall–Kier alpha value is -1.19. The van der Waals surface area contributed by atoms with Crippen LogP contribution in [-0.4, -0.2) is 31.0 Å². The van der Waals surface area contributed by atoms with Crippen LogP contribution in [0.3, 0.4) is 0 Å². The molecular formula is C9H14N2O5S2. The van der Waals surface area contributed by atoms with Gasteiger partial charge >= 0.3 is 10.8 Å². The van der Waals surface area contributed by atoms with Crippen LogP contribution in [0.2, 0.25) is 0 Å². The van der Waals surface area contributed by atoms with Crippen LogP contribution in [-0.2, 0) is 14.8 Å². The van der Waals surface area contributed by atoms with Gasteiger partial charge in [-0.3, -0.25) is 9.59 Å². The molecule has 18 heavy (non-hydrogen) atoms. The monoisotopic (exact) mass is 294 g/mol. The molecule has 0 bridgehead atoms. The molecule has 0 fully saturated rings. The lowest BCUT2D eigenvalue weighted by Crippen LogP contribution is -2.38. The predicted octanol–water partition coefficient (Wildman–Crippen LogP) is 0.134. The molecule has 9 heteroatoms. The molecule has 0 aliphatic carbocycles. The van der Waals surface area contributed by atoms with Crippen molar-refractivity contribution in [1.29, 1.82) is 0 Å². The van der Waals surface area contributed by atoms with Crippen molar-refractivity contribution < 1.29 is 18.3 Å². The van der Waals surface area contributed by atoms with Crippen LogP contribution in [0.5, 0.6) is 0 Å². The van der Waals surface area contributed by atoms with E-state index >= 15 is 0 Å². The molecule has 0 saturated carbocycles. The number of aryl methyl sites for hydroxylation is 1. The fourth-order valence-corrected chi connectivity index (χ4v) is 3.62. The number of aromatic amines is 1. The first-order valence-corrected chi connectivity index (χ1v) is 7.29. The predicted molar refractivity (Wildman–Crippen MR) is 66.3 cm³/mol. The van der Waals surface area contributed by atoms with Crippen molar-refractivity contribution in [1.82, 2.24) is 9.71 Å². The molecule has 1 heterocycles. The highest BCUT2D eigenvalue weighted by Crippen LogP contribution is 2.18. The molecule has 0 unspecified atom stereocenters. The number of thiazole rings is 1. The Morgan fingerprint density at radius 3 is 2.44 bits per heavy atom. The Bertz CT molecular complexity index is 611. The number of aromatic nitrogens is 1. The normalized spacial score (nSPS) is 12.6. The van der Waals surface area contributed by atoms with Crippen LogP contribution in [0.25, 0.3) is 0 Å². The van der Waals surface area contributed by atoms with Gasteiger partial charge < -0.3 is 10.1 Å². The highest BCUT2D eigenvalue weighted by atomic mass is 32.2. The fraction of sp³-hybridized carbons (Fsp3) is 0.556. The summed E-state index contributed by atoms with van der Waals surface area (Å²) < 4.78 is 25.8. The van der Waals surface area contributed by atoms with Crippen molar-refractivity contribution in [3.8, 4) is 0 Å². The molecule has 3 N–H and O–H groups in total. The Morgan fingerprint density at radius 1 is 1.50 bits per heavy atom. The third kappa shape index (κ3) is 3.18. The molecule has 0 aliphatic rings. The van der Waals surface area contributed by atoms with Crippen LogP contribution in [0.15, 0.2) is 9.00 Å². The van der Waals surface area contributed by atoms with Gasteiger partial charge in [0, 0.05) is 12.2 Å². The molecule has 1 rings (SSSR count). The van der Waals surface area contributed by atoms with E-state index < -0.39 is 26.3 Å². The molecule has 0 radical (unpaired) electrons. The van der Waals surface area contributed by atoms with E-state index in [1.807, 2.05) is 0 Å². The smallest absolute Gasteiger partial charge is 0.310 e. The molecule has 0 aromatic carbocycles. The van der Waals surface area contributed by atoms with Gasteiger partial charge in [-0.15, -0.1) is 0 Å². The van der Waals surface area contributed by atoms with E-state index in [4.69, 9.17) is 5.11 Å². The molecule has 1 aromatic heterocycles. The number of carboxylic acid groups (broad SMARTS) is 1. The minimum atomic E-state index is -3.86. The maximum absolute atomic E-state index is 11.9. The minimum Gasteiger partial charge on any atom is -0.481 e. The van der Waals surface area contributed by atoms with Crippen LogP contribution in [0.4, 0.5) is 0 Å². The van der Waals surface area contributed by atoms with Crippen molar-refractivity contribution in [2.24, 2.45) is 5.41 Å². The zero-order chi connectivity index (χ0) is 14.1. The second kappa shape index (κ2) is 4.82. The summed E-state index contributed by atoms with van der Waals surface area (Å²) in [4.78, 5) is 23.8. The number of H-pyrrole nitrogens is 1. The number of sulfonamides is 1. The van der Waals surface area contributed by atoms with Crippen molar-refractivity contribution in [3.63, 3.8) is 0 Å².